The molecule has 0 aromatic carbocycles. The second-order valence-electron chi connectivity index (χ2n) is 16.8. The molecule has 0 aliphatic carbocycles. The van der Waals surface area contributed by atoms with Gasteiger partial charge in [-0.1, -0.05) is 214 Å². The molecule has 0 bridgehead atoms. The van der Waals surface area contributed by atoms with E-state index in [0.29, 0.717) is 19.3 Å². The largest absolute Gasteiger partial charge is 0.462 e. The average Bonchev–Trinajstić information content (AvgIpc) is 3.14. The second-order valence-corrected chi connectivity index (χ2v) is 16.8. The maximum atomic E-state index is 12.7. The minimum Gasteiger partial charge on any atom is -0.462 e. The lowest BCUT2D eigenvalue weighted by Gasteiger charge is -2.18. The number of esters is 3. The second kappa shape index (κ2) is 40.1. The van der Waals surface area contributed by atoms with E-state index in [1.165, 1.54) is 141 Å². The van der Waals surface area contributed by atoms with Gasteiger partial charge in [-0.05, 0) is 31.1 Å². The smallest absolute Gasteiger partial charge is 0.306 e. The van der Waals surface area contributed by atoms with E-state index in [1.807, 2.05) is 0 Å². The quantitative estimate of drug-likeness (QED) is 0.0352. The molecule has 0 amide bonds. The summed E-state index contributed by atoms with van der Waals surface area (Å²) in [6, 6.07) is 0. The van der Waals surface area contributed by atoms with Crippen molar-refractivity contribution in [2.75, 3.05) is 13.2 Å². The van der Waals surface area contributed by atoms with Crippen LogP contribution in [0, 0.1) is 11.8 Å². The van der Waals surface area contributed by atoms with Gasteiger partial charge in [0.25, 0.3) is 0 Å². The predicted octanol–water partition coefficient (Wildman–Crippen LogP) is 14.6. The van der Waals surface area contributed by atoms with Gasteiger partial charge in [0.2, 0.25) is 0 Å². The summed E-state index contributed by atoms with van der Waals surface area (Å²) in [5.41, 5.74) is 0. The monoisotopic (exact) mass is 751 g/mol. The van der Waals surface area contributed by atoms with Gasteiger partial charge >= 0.3 is 17.9 Å². The maximum absolute atomic E-state index is 12.7. The first-order chi connectivity index (χ1) is 25.8. The molecule has 0 radical (unpaired) electrons. The van der Waals surface area contributed by atoms with Crippen molar-refractivity contribution < 1.29 is 28.6 Å². The Balaban J connectivity index is 4.30. The Kier molecular flexibility index (Phi) is 38.9. The van der Waals surface area contributed by atoms with Crippen molar-refractivity contribution in [1.29, 1.82) is 0 Å². The van der Waals surface area contributed by atoms with E-state index < -0.39 is 6.10 Å². The standard InChI is InChI=1S/C47H90O6/c1-6-8-9-10-11-12-13-14-15-16-17-18-19-20-29-34-39-47(50)53-44(40-51-45(48)37-32-27-23-21-25-30-35-42(3)4)41-52-46(49)38-33-28-24-22-26-31-36-43(5)7-2/h42-44H,6-41H2,1-5H3/t43?,44-/m0/s1. The number of hydrogen-bond acceptors (Lipinski definition) is 6. The van der Waals surface area contributed by atoms with Gasteiger partial charge in [0, 0.05) is 19.3 Å². The molecule has 0 aliphatic heterocycles. The van der Waals surface area contributed by atoms with Crippen molar-refractivity contribution in [3.05, 3.63) is 0 Å². The van der Waals surface area contributed by atoms with Crippen LogP contribution in [0.15, 0.2) is 0 Å². The minimum atomic E-state index is -0.761. The number of hydrogen-bond donors (Lipinski definition) is 0. The molecular formula is C47H90O6. The average molecular weight is 751 g/mol. The highest BCUT2D eigenvalue weighted by molar-refractivity contribution is 5.71. The first kappa shape index (κ1) is 51.4. The molecule has 1 unspecified atom stereocenters. The van der Waals surface area contributed by atoms with Crippen molar-refractivity contribution in [2.45, 2.75) is 259 Å². The summed E-state index contributed by atoms with van der Waals surface area (Å²) in [7, 11) is 0. The van der Waals surface area contributed by atoms with Crippen LogP contribution < -0.4 is 0 Å². The van der Waals surface area contributed by atoms with Gasteiger partial charge in [-0.15, -0.1) is 0 Å². The molecule has 0 fully saturated rings. The molecule has 6 nitrogen and oxygen atoms in total. The third-order valence-electron chi connectivity index (χ3n) is 10.8. The molecule has 0 rings (SSSR count). The SMILES string of the molecule is CCCCCCCCCCCCCCCCCCC(=O)O[C@@H](COC(=O)CCCCCCCCC(C)C)COC(=O)CCCCCCCCC(C)CC. The van der Waals surface area contributed by atoms with Gasteiger partial charge < -0.3 is 14.2 Å². The third-order valence-corrected chi connectivity index (χ3v) is 10.8. The topological polar surface area (TPSA) is 78.9 Å². The van der Waals surface area contributed by atoms with Crippen molar-refractivity contribution in [3.63, 3.8) is 0 Å². The fraction of sp³-hybridized carbons (Fsp3) is 0.936. The summed E-state index contributed by atoms with van der Waals surface area (Å²) in [5, 5.41) is 0. The maximum Gasteiger partial charge on any atom is 0.306 e. The lowest BCUT2D eigenvalue weighted by molar-refractivity contribution is -0.167. The first-order valence-corrected chi connectivity index (χ1v) is 23.3. The normalized spacial score (nSPS) is 12.6. The Morgan fingerprint density at radius 3 is 1.08 bits per heavy atom. The minimum absolute atomic E-state index is 0.0667. The van der Waals surface area contributed by atoms with Crippen LogP contribution in [0.3, 0.4) is 0 Å². The zero-order chi connectivity index (χ0) is 39.0. The van der Waals surface area contributed by atoms with Crippen LogP contribution in [0.2, 0.25) is 0 Å². The van der Waals surface area contributed by atoms with E-state index in [2.05, 4.69) is 34.6 Å². The lowest BCUT2D eigenvalue weighted by Crippen LogP contribution is -2.30. The Morgan fingerprint density at radius 2 is 0.717 bits per heavy atom. The highest BCUT2D eigenvalue weighted by Crippen LogP contribution is 2.17. The summed E-state index contributed by atoms with van der Waals surface area (Å²) in [5.74, 6) is 0.714. The number of rotatable bonds is 41. The molecule has 0 N–H and O–H groups in total. The third kappa shape index (κ3) is 39.9. The van der Waals surface area contributed by atoms with Crippen LogP contribution in [0.4, 0.5) is 0 Å². The van der Waals surface area contributed by atoms with Gasteiger partial charge in [0.1, 0.15) is 13.2 Å². The first-order valence-electron chi connectivity index (χ1n) is 23.3. The van der Waals surface area contributed by atoms with E-state index in [-0.39, 0.29) is 31.1 Å². The molecule has 0 saturated carbocycles. The molecule has 53 heavy (non-hydrogen) atoms. The Bertz CT molecular complexity index is 811. The van der Waals surface area contributed by atoms with Crippen LogP contribution in [0.5, 0.6) is 0 Å². The van der Waals surface area contributed by atoms with E-state index in [4.69, 9.17) is 14.2 Å². The van der Waals surface area contributed by atoms with Gasteiger partial charge in [0.05, 0.1) is 0 Å². The fourth-order valence-corrected chi connectivity index (χ4v) is 6.90. The molecule has 0 aromatic heterocycles. The Hall–Kier alpha value is -1.59. The summed E-state index contributed by atoms with van der Waals surface area (Å²) < 4.78 is 16.7. The number of unbranched alkanes of at least 4 members (excludes halogenated alkanes) is 25. The van der Waals surface area contributed by atoms with Crippen molar-refractivity contribution in [2.24, 2.45) is 11.8 Å². The Labute approximate surface area is 329 Å². The van der Waals surface area contributed by atoms with Crippen molar-refractivity contribution in [1.82, 2.24) is 0 Å². The molecule has 0 saturated heterocycles. The predicted molar refractivity (Wildman–Crippen MR) is 224 cm³/mol. The van der Waals surface area contributed by atoms with Crippen molar-refractivity contribution >= 4 is 17.9 Å². The molecule has 314 valence electrons. The molecule has 0 spiro atoms. The molecule has 6 heteroatoms. The van der Waals surface area contributed by atoms with Crippen LogP contribution in [0.1, 0.15) is 253 Å². The van der Waals surface area contributed by atoms with Gasteiger partial charge in [0.15, 0.2) is 6.10 Å². The molecule has 0 heterocycles. The fourth-order valence-electron chi connectivity index (χ4n) is 6.90. The summed E-state index contributed by atoms with van der Waals surface area (Å²) in [6.45, 7) is 11.2. The lowest BCUT2D eigenvalue weighted by atomic mass is 10.00. The van der Waals surface area contributed by atoms with Crippen molar-refractivity contribution in [3.8, 4) is 0 Å². The van der Waals surface area contributed by atoms with Crippen LogP contribution in [-0.2, 0) is 28.6 Å². The zero-order valence-corrected chi connectivity index (χ0v) is 36.1. The zero-order valence-electron chi connectivity index (χ0n) is 36.1. The number of carbonyl (C=O) groups excluding carboxylic acids is 3. The highest BCUT2D eigenvalue weighted by Gasteiger charge is 2.19. The molecular weight excluding hydrogens is 661 g/mol. The molecule has 2 atom stereocenters. The van der Waals surface area contributed by atoms with E-state index in [0.717, 1.165) is 69.6 Å². The van der Waals surface area contributed by atoms with Gasteiger partial charge in [-0.2, -0.15) is 0 Å². The highest BCUT2D eigenvalue weighted by atomic mass is 16.6. The molecule has 0 aromatic rings. The van der Waals surface area contributed by atoms with E-state index >= 15 is 0 Å². The van der Waals surface area contributed by atoms with Crippen LogP contribution in [0.25, 0.3) is 0 Å². The summed E-state index contributed by atoms with van der Waals surface area (Å²) in [6.07, 6.45) is 38.2. The van der Waals surface area contributed by atoms with E-state index in [1.54, 1.807) is 0 Å². The Morgan fingerprint density at radius 1 is 0.396 bits per heavy atom. The summed E-state index contributed by atoms with van der Waals surface area (Å²) in [4.78, 5) is 37.7. The van der Waals surface area contributed by atoms with Crippen LogP contribution in [-0.4, -0.2) is 37.2 Å². The van der Waals surface area contributed by atoms with Gasteiger partial charge in [-0.3, -0.25) is 14.4 Å². The molecule has 0 aliphatic rings. The van der Waals surface area contributed by atoms with Gasteiger partial charge in [-0.25, -0.2) is 0 Å². The number of carbonyl (C=O) groups is 3. The van der Waals surface area contributed by atoms with E-state index in [9.17, 15) is 14.4 Å². The van der Waals surface area contributed by atoms with Crippen LogP contribution >= 0.6 is 0 Å². The number of ether oxygens (including phenoxy) is 3. The summed E-state index contributed by atoms with van der Waals surface area (Å²) >= 11 is 0.